The van der Waals surface area contributed by atoms with Gasteiger partial charge in [-0.2, -0.15) is 0 Å². The molecular formula is C31H25FN2O3. The predicted molar refractivity (Wildman–Crippen MR) is 144 cm³/mol. The monoisotopic (exact) mass is 492 g/mol. The van der Waals surface area contributed by atoms with E-state index in [0.717, 1.165) is 32.0 Å². The highest BCUT2D eigenvalue weighted by atomic mass is 19.1. The third kappa shape index (κ3) is 5.00. The lowest BCUT2D eigenvalue weighted by molar-refractivity contribution is 0.0803. The van der Waals surface area contributed by atoms with Gasteiger partial charge in [0.25, 0.3) is 5.91 Å². The van der Waals surface area contributed by atoms with E-state index in [9.17, 15) is 14.0 Å². The number of carbonyl (C=O) groups excluding carboxylic acids is 2. The zero-order chi connectivity index (χ0) is 25.8. The molecule has 0 aromatic heterocycles. The second kappa shape index (κ2) is 10.5. The average molecular weight is 493 g/mol. The maximum atomic E-state index is 14.4. The highest BCUT2D eigenvalue weighted by molar-refractivity contribution is 6.09. The van der Waals surface area contributed by atoms with Gasteiger partial charge >= 0.3 is 6.03 Å². The number of benzene rings is 5. The molecule has 37 heavy (non-hydrogen) atoms. The summed E-state index contributed by atoms with van der Waals surface area (Å²) in [6.45, 7) is 2.37. The molecule has 0 aliphatic carbocycles. The van der Waals surface area contributed by atoms with Crippen molar-refractivity contribution in [2.24, 2.45) is 0 Å². The average Bonchev–Trinajstić information content (AvgIpc) is 2.92. The Labute approximate surface area is 214 Å². The summed E-state index contributed by atoms with van der Waals surface area (Å²) in [5.74, 6) is -0.463. The minimum absolute atomic E-state index is 0.000212. The Balaban J connectivity index is 1.59. The summed E-state index contributed by atoms with van der Waals surface area (Å²) in [4.78, 5) is 28.4. The van der Waals surface area contributed by atoms with Gasteiger partial charge in [0.1, 0.15) is 11.6 Å². The molecule has 6 heteroatoms. The van der Waals surface area contributed by atoms with Crippen molar-refractivity contribution in [1.82, 2.24) is 4.90 Å². The Kier molecular flexibility index (Phi) is 6.81. The first-order valence-electron chi connectivity index (χ1n) is 12.0. The van der Waals surface area contributed by atoms with Crippen molar-refractivity contribution in [3.63, 3.8) is 0 Å². The number of hydrogen-bond donors (Lipinski definition) is 1. The second-order valence-corrected chi connectivity index (χ2v) is 8.56. The number of rotatable bonds is 6. The molecule has 0 radical (unpaired) electrons. The number of hydrogen-bond acceptors (Lipinski definition) is 3. The summed E-state index contributed by atoms with van der Waals surface area (Å²) in [5, 5.41) is 6.44. The van der Waals surface area contributed by atoms with E-state index in [0.29, 0.717) is 17.9 Å². The Morgan fingerprint density at radius 2 is 1.41 bits per heavy atom. The number of para-hydroxylation sites is 1. The number of anilines is 1. The van der Waals surface area contributed by atoms with Crippen LogP contribution in [0.4, 0.5) is 14.9 Å². The van der Waals surface area contributed by atoms with E-state index in [1.54, 1.807) is 30.3 Å². The molecule has 0 aliphatic heterocycles. The number of nitrogens with zero attached hydrogens (tertiary/aromatic N) is 1. The van der Waals surface area contributed by atoms with Gasteiger partial charge in [0, 0.05) is 5.56 Å². The molecule has 0 fully saturated rings. The first-order chi connectivity index (χ1) is 18.0. The number of ether oxygens (including phenoxy) is 1. The summed E-state index contributed by atoms with van der Waals surface area (Å²) in [6.07, 6.45) is 0. The second-order valence-electron chi connectivity index (χ2n) is 8.56. The van der Waals surface area contributed by atoms with Crippen molar-refractivity contribution in [3.05, 3.63) is 120 Å². The molecule has 5 rings (SSSR count). The summed E-state index contributed by atoms with van der Waals surface area (Å²) >= 11 is 0. The molecule has 0 unspecified atom stereocenters. The summed E-state index contributed by atoms with van der Waals surface area (Å²) in [7, 11) is 0. The molecule has 0 saturated carbocycles. The number of amides is 3. The Hall–Kier alpha value is -4.71. The molecule has 0 spiro atoms. The number of carbonyl (C=O) groups is 2. The molecule has 0 heterocycles. The van der Waals surface area contributed by atoms with E-state index in [2.05, 4.69) is 11.4 Å². The lowest BCUT2D eigenvalue weighted by atomic mass is 9.96. The van der Waals surface area contributed by atoms with Crippen molar-refractivity contribution in [3.8, 4) is 5.75 Å². The van der Waals surface area contributed by atoms with Crippen LogP contribution in [0.15, 0.2) is 103 Å². The standard InChI is InChI=1S/C31H25FN2O3/c1-2-37-24-17-15-21(16-18-24)30(35)34(31(36)33-29-14-8-7-13-28(29)32)20-27-25-11-5-3-9-22(25)19-23-10-4-6-12-26(23)27/h3-19H,2,20H2,1H3,(H,33,36). The molecule has 0 saturated heterocycles. The summed E-state index contributed by atoms with van der Waals surface area (Å²) < 4.78 is 19.9. The zero-order valence-electron chi connectivity index (χ0n) is 20.3. The first-order valence-corrected chi connectivity index (χ1v) is 12.0. The van der Waals surface area contributed by atoms with E-state index >= 15 is 0 Å². The number of imide groups is 1. The first kappa shape index (κ1) is 24.0. The van der Waals surface area contributed by atoms with Gasteiger partial charge in [-0.15, -0.1) is 0 Å². The third-order valence-electron chi connectivity index (χ3n) is 6.22. The van der Waals surface area contributed by atoms with Gasteiger partial charge in [0.05, 0.1) is 18.8 Å². The van der Waals surface area contributed by atoms with Crippen molar-refractivity contribution in [1.29, 1.82) is 0 Å². The van der Waals surface area contributed by atoms with Crippen LogP contribution in [-0.4, -0.2) is 23.4 Å². The summed E-state index contributed by atoms with van der Waals surface area (Å²) in [5.41, 5.74) is 1.15. The van der Waals surface area contributed by atoms with Crippen LogP contribution in [0.3, 0.4) is 0 Å². The van der Waals surface area contributed by atoms with Crippen molar-refractivity contribution in [2.45, 2.75) is 13.5 Å². The van der Waals surface area contributed by atoms with E-state index in [4.69, 9.17) is 4.74 Å². The van der Waals surface area contributed by atoms with Crippen molar-refractivity contribution < 1.29 is 18.7 Å². The quantitative estimate of drug-likeness (QED) is 0.251. The van der Waals surface area contributed by atoms with Crippen LogP contribution in [-0.2, 0) is 6.54 Å². The molecule has 0 aliphatic rings. The molecule has 5 nitrogen and oxygen atoms in total. The minimum atomic E-state index is -0.721. The number of halogens is 1. The largest absolute Gasteiger partial charge is 0.494 e. The van der Waals surface area contributed by atoms with Crippen LogP contribution in [0.2, 0.25) is 0 Å². The molecule has 5 aromatic rings. The fourth-order valence-electron chi connectivity index (χ4n) is 4.43. The van der Waals surface area contributed by atoms with E-state index in [1.807, 2.05) is 55.5 Å². The number of nitrogens with one attached hydrogen (secondary N) is 1. The molecule has 3 amide bonds. The van der Waals surface area contributed by atoms with Gasteiger partial charge in [0.15, 0.2) is 0 Å². The van der Waals surface area contributed by atoms with E-state index < -0.39 is 17.8 Å². The molecule has 184 valence electrons. The fraction of sp³-hybridized carbons (Fsp3) is 0.0968. The maximum absolute atomic E-state index is 14.4. The lowest BCUT2D eigenvalue weighted by Crippen LogP contribution is -2.39. The van der Waals surface area contributed by atoms with Gasteiger partial charge in [-0.1, -0.05) is 60.7 Å². The van der Waals surface area contributed by atoms with Gasteiger partial charge in [0.2, 0.25) is 0 Å². The SMILES string of the molecule is CCOc1ccc(C(=O)N(Cc2c3ccccc3cc3ccccc23)C(=O)Nc2ccccc2F)cc1. The van der Waals surface area contributed by atoms with E-state index in [1.165, 1.54) is 18.2 Å². The highest BCUT2D eigenvalue weighted by Crippen LogP contribution is 2.30. The number of fused-ring (bicyclic) bond motifs is 2. The minimum Gasteiger partial charge on any atom is -0.494 e. The zero-order valence-corrected chi connectivity index (χ0v) is 20.3. The predicted octanol–water partition coefficient (Wildman–Crippen LogP) is 7.41. The van der Waals surface area contributed by atoms with Crippen LogP contribution in [0.5, 0.6) is 5.75 Å². The van der Waals surface area contributed by atoms with Gasteiger partial charge < -0.3 is 10.1 Å². The van der Waals surface area contributed by atoms with Gasteiger partial charge in [-0.3, -0.25) is 9.69 Å². The normalized spacial score (nSPS) is 10.9. The van der Waals surface area contributed by atoms with Gasteiger partial charge in [-0.05, 0) is 76.5 Å². The fourth-order valence-corrected chi connectivity index (χ4v) is 4.43. The van der Waals surface area contributed by atoms with Crippen molar-refractivity contribution >= 4 is 39.2 Å². The Bertz CT molecular complexity index is 1540. The molecule has 0 atom stereocenters. The smallest absolute Gasteiger partial charge is 0.329 e. The van der Waals surface area contributed by atoms with Crippen LogP contribution in [0.1, 0.15) is 22.8 Å². The van der Waals surface area contributed by atoms with Crippen molar-refractivity contribution in [2.75, 3.05) is 11.9 Å². The Morgan fingerprint density at radius 3 is 2.03 bits per heavy atom. The van der Waals surface area contributed by atoms with Crippen LogP contribution in [0.25, 0.3) is 21.5 Å². The topological polar surface area (TPSA) is 58.6 Å². The van der Waals surface area contributed by atoms with E-state index in [-0.39, 0.29) is 12.2 Å². The maximum Gasteiger partial charge on any atom is 0.329 e. The number of urea groups is 1. The van der Waals surface area contributed by atoms with Crippen LogP contribution >= 0.6 is 0 Å². The van der Waals surface area contributed by atoms with Crippen LogP contribution < -0.4 is 10.1 Å². The van der Waals surface area contributed by atoms with Gasteiger partial charge in [-0.25, -0.2) is 9.18 Å². The molecular weight excluding hydrogens is 467 g/mol. The van der Waals surface area contributed by atoms with Crippen LogP contribution in [0, 0.1) is 5.82 Å². The summed E-state index contributed by atoms with van der Waals surface area (Å²) in [6, 6.07) is 29.6. The molecule has 0 bridgehead atoms. The lowest BCUT2D eigenvalue weighted by Gasteiger charge is -2.24. The third-order valence-corrected chi connectivity index (χ3v) is 6.22. The Morgan fingerprint density at radius 1 is 0.811 bits per heavy atom. The molecule has 1 N–H and O–H groups in total. The highest BCUT2D eigenvalue weighted by Gasteiger charge is 2.26. The molecule has 5 aromatic carbocycles.